The molecule has 13 nitrogen and oxygen atoms in total. The van der Waals surface area contributed by atoms with Crippen molar-refractivity contribution in [1.82, 2.24) is 21.1 Å². The van der Waals surface area contributed by atoms with E-state index in [-0.39, 0.29) is 16.3 Å². The molecule has 0 heterocycles. The molecule has 0 bridgehead atoms. The quantitative estimate of drug-likeness (QED) is 0.112. The Kier molecular flexibility index (Phi) is 12.3. The average molecular weight is 644 g/mol. The fraction of sp³-hybridized carbons (Fsp3) is 0.355. The lowest BCUT2D eigenvalue weighted by Crippen LogP contribution is -2.57. The largest absolute Gasteiger partial charge is 0.478 e. The molecule has 0 aromatic heterocycles. The summed E-state index contributed by atoms with van der Waals surface area (Å²) in [6.07, 6.45) is 1.19. The molecular weight excluding hydrogens is 606 g/mol. The van der Waals surface area contributed by atoms with Gasteiger partial charge in [-0.3, -0.25) is 29.4 Å². The van der Waals surface area contributed by atoms with Crippen molar-refractivity contribution in [3.8, 4) is 0 Å². The molecule has 45 heavy (non-hydrogen) atoms. The number of benzene rings is 2. The number of carbonyl (C=O) groups excluding carboxylic acids is 5. The monoisotopic (exact) mass is 643 g/mol. The van der Waals surface area contributed by atoms with Crippen molar-refractivity contribution in [2.24, 2.45) is 5.41 Å². The van der Waals surface area contributed by atoms with Gasteiger partial charge in [0.05, 0.1) is 10.7 Å². The van der Waals surface area contributed by atoms with Crippen LogP contribution < -0.4 is 21.8 Å². The zero-order chi connectivity index (χ0) is 34.1. The number of nitrogens with one attached hydrogen (secondary N) is 3. The number of ether oxygens (including phenoxy) is 1. The van der Waals surface area contributed by atoms with Gasteiger partial charge in [0.2, 0.25) is 5.91 Å². The van der Waals surface area contributed by atoms with Crippen LogP contribution in [0.1, 0.15) is 63.5 Å². The molecule has 2 aromatic rings. The third-order valence-corrected chi connectivity index (χ3v) is 6.26. The number of nitrogens with zero attached hydrogens (tertiary/aromatic N) is 1. The molecule has 0 radical (unpaired) electrons. The summed E-state index contributed by atoms with van der Waals surface area (Å²) in [7, 11) is 0. The number of carboxylic acid groups (broad SMARTS) is 1. The van der Waals surface area contributed by atoms with Crippen LogP contribution in [0.25, 0.3) is 0 Å². The van der Waals surface area contributed by atoms with Crippen molar-refractivity contribution in [3.05, 3.63) is 76.8 Å². The van der Waals surface area contributed by atoms with Gasteiger partial charge in [0, 0.05) is 17.7 Å². The minimum Gasteiger partial charge on any atom is -0.478 e. The molecular formula is C31H38ClN5O8. The molecule has 0 aliphatic heterocycles. The predicted molar refractivity (Wildman–Crippen MR) is 166 cm³/mol. The molecule has 0 saturated carbocycles. The van der Waals surface area contributed by atoms with Gasteiger partial charge in [0.1, 0.15) is 24.2 Å². The van der Waals surface area contributed by atoms with E-state index >= 15 is 0 Å². The lowest BCUT2D eigenvalue weighted by Gasteiger charge is -2.32. The molecule has 242 valence electrons. The highest BCUT2D eigenvalue weighted by Gasteiger charge is 2.36. The van der Waals surface area contributed by atoms with E-state index < -0.39 is 65.2 Å². The van der Waals surface area contributed by atoms with E-state index in [1.165, 1.54) is 18.2 Å². The summed E-state index contributed by atoms with van der Waals surface area (Å²) in [5, 5.41) is 15.0. The second kappa shape index (κ2) is 15.2. The summed E-state index contributed by atoms with van der Waals surface area (Å²) in [6, 6.07) is 9.70. The molecule has 0 spiro atoms. The third-order valence-electron chi connectivity index (χ3n) is 5.93. The van der Waals surface area contributed by atoms with Crippen LogP contribution in [0.2, 0.25) is 5.02 Å². The van der Waals surface area contributed by atoms with Crippen LogP contribution in [-0.2, 0) is 28.7 Å². The lowest BCUT2D eigenvalue weighted by atomic mass is 9.85. The first-order valence-corrected chi connectivity index (χ1v) is 14.1. The summed E-state index contributed by atoms with van der Waals surface area (Å²) in [6.45, 7) is 9.17. The minimum absolute atomic E-state index is 0.152. The summed E-state index contributed by atoms with van der Waals surface area (Å²) >= 11 is 6.06. The first kappa shape index (κ1) is 36.3. The Labute approximate surface area is 266 Å². The van der Waals surface area contributed by atoms with E-state index in [0.717, 1.165) is 0 Å². The normalized spacial score (nSPS) is 12.9. The van der Waals surface area contributed by atoms with Crippen molar-refractivity contribution < 1.29 is 38.6 Å². The molecule has 0 saturated heterocycles. The SMILES string of the molecule is CC(C)(C)OC(=O)CN(NC(=O)C(NC(=O)C(NC(=O)c1ccc(N)c(Cl)c1)C(C)(C)C)c1ccccc1)C(=O)/C=C/C(=O)O. The number of aliphatic carboxylic acids is 1. The van der Waals surface area contributed by atoms with Gasteiger partial charge >= 0.3 is 11.9 Å². The standard InChI is InChI=1S/C31H38ClN5O8/c1-30(2,3)26(35-27(42)19-12-13-21(33)20(32)16-19)29(44)34-25(18-10-8-7-9-11-18)28(43)36-37(22(38)14-15-23(39)40)17-24(41)45-31(4,5)6/h7-16,25-26H,17,33H2,1-6H3,(H,34,44)(H,35,42)(H,36,43)(H,39,40)/b15-14+. The van der Waals surface area contributed by atoms with Crippen LogP contribution in [0.15, 0.2) is 60.7 Å². The van der Waals surface area contributed by atoms with Gasteiger partial charge in [0.15, 0.2) is 0 Å². The summed E-state index contributed by atoms with van der Waals surface area (Å²) < 4.78 is 5.24. The van der Waals surface area contributed by atoms with Crippen LogP contribution >= 0.6 is 11.6 Å². The topological polar surface area (TPSA) is 197 Å². The van der Waals surface area contributed by atoms with E-state index in [4.69, 9.17) is 27.2 Å². The van der Waals surface area contributed by atoms with Gasteiger partial charge in [-0.2, -0.15) is 0 Å². The van der Waals surface area contributed by atoms with E-state index in [1.807, 2.05) is 0 Å². The summed E-state index contributed by atoms with van der Waals surface area (Å²) in [5.41, 5.74) is 6.98. The Hall–Kier alpha value is -4.91. The first-order valence-electron chi connectivity index (χ1n) is 13.7. The zero-order valence-corrected chi connectivity index (χ0v) is 26.6. The molecule has 2 aromatic carbocycles. The fourth-order valence-electron chi connectivity index (χ4n) is 3.84. The first-order chi connectivity index (χ1) is 20.8. The molecule has 2 unspecified atom stereocenters. The molecule has 2 rings (SSSR count). The number of amides is 4. The Morgan fingerprint density at radius 2 is 1.56 bits per heavy atom. The molecule has 0 aliphatic carbocycles. The number of hydrogen-bond donors (Lipinski definition) is 5. The van der Waals surface area contributed by atoms with E-state index in [0.29, 0.717) is 22.7 Å². The number of nitrogens with two attached hydrogens (primary N) is 1. The van der Waals surface area contributed by atoms with Crippen molar-refractivity contribution >= 4 is 52.9 Å². The maximum absolute atomic E-state index is 13.7. The number of anilines is 1. The number of carbonyl (C=O) groups is 6. The lowest BCUT2D eigenvalue weighted by molar-refractivity contribution is -0.160. The highest BCUT2D eigenvalue weighted by Crippen LogP contribution is 2.24. The number of carboxylic acids is 1. The van der Waals surface area contributed by atoms with Gasteiger partial charge in [-0.1, -0.05) is 62.7 Å². The second-order valence-corrected chi connectivity index (χ2v) is 12.4. The van der Waals surface area contributed by atoms with Crippen LogP contribution in [-0.4, -0.2) is 63.9 Å². The smallest absolute Gasteiger partial charge is 0.328 e. The number of hydrogen-bond acceptors (Lipinski definition) is 8. The van der Waals surface area contributed by atoms with Gasteiger partial charge in [0.25, 0.3) is 17.7 Å². The third kappa shape index (κ3) is 11.6. The highest BCUT2D eigenvalue weighted by molar-refractivity contribution is 6.33. The van der Waals surface area contributed by atoms with Crippen LogP contribution in [0.3, 0.4) is 0 Å². The van der Waals surface area contributed by atoms with Crippen molar-refractivity contribution in [2.45, 2.75) is 59.2 Å². The second-order valence-electron chi connectivity index (χ2n) is 12.0. The molecule has 4 amide bonds. The van der Waals surface area contributed by atoms with Gasteiger partial charge < -0.3 is 26.2 Å². The fourth-order valence-corrected chi connectivity index (χ4v) is 4.02. The number of esters is 1. The zero-order valence-electron chi connectivity index (χ0n) is 25.8. The molecule has 6 N–H and O–H groups in total. The predicted octanol–water partition coefficient (Wildman–Crippen LogP) is 2.77. The van der Waals surface area contributed by atoms with Gasteiger partial charge in [-0.15, -0.1) is 0 Å². The maximum atomic E-state index is 13.7. The Balaban J connectivity index is 2.41. The van der Waals surface area contributed by atoms with E-state index in [1.54, 1.807) is 71.9 Å². The number of nitrogen functional groups attached to an aromatic ring is 1. The average Bonchev–Trinajstić information content (AvgIpc) is 2.92. The molecule has 2 atom stereocenters. The van der Waals surface area contributed by atoms with Crippen LogP contribution in [0.4, 0.5) is 5.69 Å². The van der Waals surface area contributed by atoms with E-state index in [9.17, 15) is 28.8 Å². The number of halogens is 1. The maximum Gasteiger partial charge on any atom is 0.328 e. The Bertz CT molecular complexity index is 1460. The number of rotatable bonds is 10. The molecule has 0 aliphatic rings. The summed E-state index contributed by atoms with van der Waals surface area (Å²) in [5.74, 6) is -5.67. The van der Waals surface area contributed by atoms with Gasteiger partial charge in [-0.05, 0) is 49.9 Å². The highest BCUT2D eigenvalue weighted by atomic mass is 35.5. The minimum atomic E-state index is -1.43. The molecule has 0 fully saturated rings. The van der Waals surface area contributed by atoms with Crippen LogP contribution in [0.5, 0.6) is 0 Å². The van der Waals surface area contributed by atoms with Gasteiger partial charge in [-0.25, -0.2) is 9.80 Å². The van der Waals surface area contributed by atoms with Crippen molar-refractivity contribution in [2.75, 3.05) is 12.3 Å². The van der Waals surface area contributed by atoms with E-state index in [2.05, 4.69) is 16.1 Å². The Morgan fingerprint density at radius 3 is 2.09 bits per heavy atom. The summed E-state index contributed by atoms with van der Waals surface area (Å²) in [4.78, 5) is 76.8. The van der Waals surface area contributed by atoms with Crippen molar-refractivity contribution in [1.29, 1.82) is 0 Å². The Morgan fingerprint density at radius 1 is 0.933 bits per heavy atom. The number of hydrazine groups is 1. The van der Waals surface area contributed by atoms with Crippen LogP contribution in [0, 0.1) is 5.41 Å². The molecule has 14 heteroatoms. The van der Waals surface area contributed by atoms with Crippen molar-refractivity contribution in [3.63, 3.8) is 0 Å².